The molecule has 1 aliphatic rings. The molecule has 1 atom stereocenters. The Balaban J connectivity index is 2.22. The van der Waals surface area contributed by atoms with Crippen molar-refractivity contribution in [3.05, 3.63) is 33.3 Å². The predicted octanol–water partition coefficient (Wildman–Crippen LogP) is 4.73. The molecule has 0 N–H and O–H groups in total. The monoisotopic (exact) mass is 363 g/mol. The molecule has 19 heavy (non-hydrogen) atoms. The number of likely N-dealkylation sites (tertiary alicyclic amines) is 1. The van der Waals surface area contributed by atoms with Gasteiger partial charge in [-0.1, -0.05) is 24.4 Å². The first kappa shape index (κ1) is 15.1. The number of rotatable bonds is 2. The first-order valence-electron chi connectivity index (χ1n) is 6.45. The molecule has 1 aromatic carbocycles. The lowest BCUT2D eigenvalue weighted by molar-refractivity contribution is 0.0700. The summed E-state index contributed by atoms with van der Waals surface area (Å²) >= 11 is 15.4. The van der Waals surface area contributed by atoms with Gasteiger partial charge in [-0.2, -0.15) is 0 Å². The van der Waals surface area contributed by atoms with Crippen LogP contribution in [0.4, 0.5) is 0 Å². The van der Waals surface area contributed by atoms with E-state index < -0.39 is 0 Å². The van der Waals surface area contributed by atoms with Gasteiger partial charge >= 0.3 is 0 Å². The number of benzene rings is 1. The maximum absolute atomic E-state index is 12.6. The van der Waals surface area contributed by atoms with Gasteiger partial charge in [0.25, 0.3) is 5.91 Å². The van der Waals surface area contributed by atoms with E-state index in [4.69, 9.17) is 23.2 Å². The van der Waals surface area contributed by atoms with E-state index in [0.717, 1.165) is 36.7 Å². The lowest BCUT2D eigenvalue weighted by atomic mass is 10.1. The van der Waals surface area contributed by atoms with Crippen LogP contribution >= 0.6 is 39.1 Å². The van der Waals surface area contributed by atoms with Gasteiger partial charge in [-0.05, 0) is 47.0 Å². The van der Waals surface area contributed by atoms with E-state index in [1.807, 2.05) is 11.0 Å². The van der Waals surface area contributed by atoms with Crippen LogP contribution in [0, 0.1) is 0 Å². The van der Waals surface area contributed by atoms with Gasteiger partial charge in [-0.15, -0.1) is 11.6 Å². The summed E-state index contributed by atoms with van der Waals surface area (Å²) in [6.45, 7) is 0.782. The van der Waals surface area contributed by atoms with Crippen LogP contribution in [-0.2, 0) is 0 Å². The molecule has 0 radical (unpaired) electrons. The molecule has 0 bridgehead atoms. The Morgan fingerprint density at radius 3 is 2.84 bits per heavy atom. The number of amides is 1. The highest BCUT2D eigenvalue weighted by Crippen LogP contribution is 2.25. The van der Waals surface area contributed by atoms with Gasteiger partial charge in [-0.3, -0.25) is 4.79 Å². The average Bonchev–Trinajstić information content (AvgIpc) is 2.66. The Morgan fingerprint density at radius 2 is 2.16 bits per heavy atom. The lowest BCUT2D eigenvalue weighted by Crippen LogP contribution is -2.41. The highest BCUT2D eigenvalue weighted by atomic mass is 79.9. The van der Waals surface area contributed by atoms with Crippen LogP contribution in [0.25, 0.3) is 0 Å². The topological polar surface area (TPSA) is 20.3 Å². The maximum Gasteiger partial charge on any atom is 0.254 e. The van der Waals surface area contributed by atoms with E-state index in [1.54, 1.807) is 12.1 Å². The Hall–Kier alpha value is -0.250. The Bertz CT molecular complexity index is 467. The molecule has 5 heteroatoms. The number of halogens is 3. The summed E-state index contributed by atoms with van der Waals surface area (Å²) in [6.07, 6.45) is 4.34. The number of hydrogen-bond donors (Lipinski definition) is 0. The molecule has 2 rings (SSSR count). The number of nitrogens with zero attached hydrogens (tertiary/aromatic N) is 1. The molecule has 104 valence electrons. The van der Waals surface area contributed by atoms with Crippen molar-refractivity contribution in [3.8, 4) is 0 Å². The van der Waals surface area contributed by atoms with Crippen molar-refractivity contribution in [1.82, 2.24) is 4.90 Å². The fourth-order valence-corrected chi connectivity index (χ4v) is 3.15. The molecule has 1 heterocycles. The van der Waals surface area contributed by atoms with Crippen molar-refractivity contribution in [2.75, 3.05) is 12.4 Å². The first-order chi connectivity index (χ1) is 9.13. The SMILES string of the molecule is O=C(c1ccc(Br)c(Cl)c1)N1CCCCCC1CCl. The fourth-order valence-electron chi connectivity index (χ4n) is 2.40. The van der Waals surface area contributed by atoms with E-state index >= 15 is 0 Å². The molecule has 0 spiro atoms. The number of alkyl halides is 1. The van der Waals surface area contributed by atoms with Gasteiger partial charge < -0.3 is 4.90 Å². The van der Waals surface area contributed by atoms with Gasteiger partial charge in [0.15, 0.2) is 0 Å². The number of hydrogen-bond acceptors (Lipinski definition) is 1. The molecular weight excluding hydrogens is 349 g/mol. The van der Waals surface area contributed by atoms with E-state index in [0.29, 0.717) is 16.5 Å². The van der Waals surface area contributed by atoms with Crippen molar-refractivity contribution < 1.29 is 4.79 Å². The van der Waals surface area contributed by atoms with Crippen molar-refractivity contribution in [1.29, 1.82) is 0 Å². The van der Waals surface area contributed by atoms with Crippen LogP contribution in [0.2, 0.25) is 5.02 Å². The third-order valence-electron chi connectivity index (χ3n) is 3.48. The van der Waals surface area contributed by atoms with Crippen molar-refractivity contribution in [2.45, 2.75) is 31.7 Å². The van der Waals surface area contributed by atoms with Crippen molar-refractivity contribution in [2.24, 2.45) is 0 Å². The molecule has 2 nitrogen and oxygen atoms in total. The molecular formula is C14H16BrCl2NO. The van der Waals surface area contributed by atoms with Gasteiger partial charge in [0, 0.05) is 28.5 Å². The zero-order valence-electron chi connectivity index (χ0n) is 10.5. The summed E-state index contributed by atoms with van der Waals surface area (Å²) in [5, 5.41) is 0.558. The zero-order chi connectivity index (χ0) is 13.8. The second-order valence-electron chi connectivity index (χ2n) is 4.78. The number of carbonyl (C=O) groups is 1. The van der Waals surface area contributed by atoms with Crippen molar-refractivity contribution >= 4 is 45.0 Å². The van der Waals surface area contributed by atoms with E-state index in [9.17, 15) is 4.79 Å². The van der Waals surface area contributed by atoms with Crippen LogP contribution in [0.3, 0.4) is 0 Å². The van der Waals surface area contributed by atoms with Gasteiger partial charge in [0.2, 0.25) is 0 Å². The molecule has 0 saturated carbocycles. The average molecular weight is 365 g/mol. The molecule has 1 fully saturated rings. The minimum Gasteiger partial charge on any atom is -0.334 e. The van der Waals surface area contributed by atoms with Crippen LogP contribution in [0.5, 0.6) is 0 Å². The summed E-state index contributed by atoms with van der Waals surface area (Å²) in [7, 11) is 0. The highest BCUT2D eigenvalue weighted by molar-refractivity contribution is 9.10. The van der Waals surface area contributed by atoms with Gasteiger partial charge in [-0.25, -0.2) is 0 Å². The predicted molar refractivity (Wildman–Crippen MR) is 83.2 cm³/mol. The summed E-state index contributed by atoms with van der Waals surface area (Å²) in [5.74, 6) is 0.526. The number of carbonyl (C=O) groups excluding carboxylic acids is 1. The second-order valence-corrected chi connectivity index (χ2v) is 6.36. The van der Waals surface area contributed by atoms with E-state index in [1.165, 1.54) is 0 Å². The van der Waals surface area contributed by atoms with Gasteiger partial charge in [0.1, 0.15) is 0 Å². The normalized spacial score (nSPS) is 20.2. The largest absolute Gasteiger partial charge is 0.334 e. The molecule has 0 aliphatic carbocycles. The zero-order valence-corrected chi connectivity index (χ0v) is 13.6. The second kappa shape index (κ2) is 6.96. The molecule has 1 unspecified atom stereocenters. The summed E-state index contributed by atoms with van der Waals surface area (Å²) in [4.78, 5) is 14.5. The minimum atomic E-state index is 0.0296. The van der Waals surface area contributed by atoms with Crippen molar-refractivity contribution in [3.63, 3.8) is 0 Å². The first-order valence-corrected chi connectivity index (χ1v) is 8.16. The molecule has 1 aliphatic heterocycles. The maximum atomic E-state index is 12.6. The summed E-state index contributed by atoms with van der Waals surface area (Å²) < 4.78 is 0.801. The fraction of sp³-hybridized carbons (Fsp3) is 0.500. The van der Waals surface area contributed by atoms with E-state index in [2.05, 4.69) is 15.9 Å². The van der Waals surface area contributed by atoms with E-state index in [-0.39, 0.29) is 11.9 Å². The van der Waals surface area contributed by atoms with Gasteiger partial charge in [0.05, 0.1) is 5.02 Å². The van der Waals surface area contributed by atoms with Crippen LogP contribution in [0.15, 0.2) is 22.7 Å². The molecule has 1 amide bonds. The van der Waals surface area contributed by atoms with Crippen LogP contribution in [0.1, 0.15) is 36.0 Å². The Morgan fingerprint density at radius 1 is 1.37 bits per heavy atom. The Kier molecular flexibility index (Phi) is 5.55. The Labute approximate surface area is 132 Å². The standard InChI is InChI=1S/C14H16BrCl2NO/c15-12-6-5-10(8-13(12)17)14(19)18-7-3-1-2-4-11(18)9-16/h5-6,8,11H,1-4,7,9H2. The third-order valence-corrected chi connectivity index (χ3v) is 5.07. The minimum absolute atomic E-state index is 0.0296. The molecule has 0 aromatic heterocycles. The third kappa shape index (κ3) is 3.65. The molecule has 1 aromatic rings. The lowest BCUT2D eigenvalue weighted by Gasteiger charge is -2.28. The quantitative estimate of drug-likeness (QED) is 0.695. The highest BCUT2D eigenvalue weighted by Gasteiger charge is 2.25. The summed E-state index contributed by atoms with van der Waals surface area (Å²) in [6, 6.07) is 5.46. The van der Waals surface area contributed by atoms with Crippen LogP contribution < -0.4 is 0 Å². The van der Waals surface area contributed by atoms with Crippen LogP contribution in [-0.4, -0.2) is 29.3 Å². The smallest absolute Gasteiger partial charge is 0.254 e. The molecule has 1 saturated heterocycles. The summed E-state index contributed by atoms with van der Waals surface area (Å²) in [5.41, 5.74) is 0.630.